The largest absolute Gasteiger partial charge is 0.481 e. The van der Waals surface area contributed by atoms with E-state index in [2.05, 4.69) is 15.5 Å². The summed E-state index contributed by atoms with van der Waals surface area (Å²) in [5.41, 5.74) is 0. The van der Waals surface area contributed by atoms with Crippen LogP contribution in [0.3, 0.4) is 0 Å². The predicted molar refractivity (Wildman–Crippen MR) is 58.1 cm³/mol. The summed E-state index contributed by atoms with van der Waals surface area (Å²) < 4.78 is 1.69. The molecule has 1 fully saturated rings. The van der Waals surface area contributed by atoms with Gasteiger partial charge in [0.15, 0.2) is 0 Å². The third-order valence-electron chi connectivity index (χ3n) is 2.50. The van der Waals surface area contributed by atoms with Gasteiger partial charge in [-0.1, -0.05) is 24.6 Å². The van der Waals surface area contributed by atoms with Crippen molar-refractivity contribution in [1.29, 1.82) is 0 Å². The zero-order valence-corrected chi connectivity index (χ0v) is 9.69. The van der Waals surface area contributed by atoms with E-state index >= 15 is 0 Å². The van der Waals surface area contributed by atoms with Gasteiger partial charge in [-0.3, -0.25) is 4.79 Å². The first-order valence-corrected chi connectivity index (χ1v) is 6.35. The third-order valence-corrected chi connectivity index (χ3v) is 3.44. The van der Waals surface area contributed by atoms with Crippen LogP contribution < -0.4 is 0 Å². The molecule has 1 aliphatic rings. The van der Waals surface area contributed by atoms with Crippen LogP contribution in [0.2, 0.25) is 0 Å². The Balaban J connectivity index is 1.77. The predicted octanol–water partition coefficient (Wildman–Crippen LogP) is 1.04. The van der Waals surface area contributed by atoms with Crippen LogP contribution in [0.25, 0.3) is 0 Å². The molecule has 0 spiro atoms. The molecule has 1 saturated carbocycles. The van der Waals surface area contributed by atoms with Crippen LogP contribution in [-0.4, -0.2) is 37.0 Å². The number of carboxylic acids is 1. The number of carbonyl (C=O) groups is 1. The molecule has 0 aromatic carbocycles. The Morgan fingerprint density at radius 2 is 2.38 bits per heavy atom. The van der Waals surface area contributed by atoms with Gasteiger partial charge in [0, 0.05) is 6.54 Å². The Hall–Kier alpha value is -1.11. The van der Waals surface area contributed by atoms with Crippen LogP contribution in [0.1, 0.15) is 25.7 Å². The maximum Gasteiger partial charge on any atom is 0.313 e. The standard InChI is InChI=1S/C9H14N4O2S/c14-8(15)6-16-9-10-11-12-13(9)5-1-2-7-3-4-7/h7H,1-6H2,(H,14,15). The number of nitrogens with zero attached hydrogens (tertiary/aromatic N) is 4. The van der Waals surface area contributed by atoms with E-state index in [9.17, 15) is 4.79 Å². The molecular weight excluding hydrogens is 228 g/mol. The Bertz CT molecular complexity index is 364. The summed E-state index contributed by atoms with van der Waals surface area (Å²) in [5, 5.41) is 20.4. The zero-order chi connectivity index (χ0) is 11.4. The first kappa shape index (κ1) is 11.4. The summed E-state index contributed by atoms with van der Waals surface area (Å²) in [4.78, 5) is 10.4. The van der Waals surface area contributed by atoms with Gasteiger partial charge in [0.25, 0.3) is 0 Å². The number of carboxylic acid groups (broad SMARTS) is 1. The summed E-state index contributed by atoms with van der Waals surface area (Å²) in [6.07, 6.45) is 5.01. The SMILES string of the molecule is O=C(O)CSc1nnnn1CCCC1CC1. The van der Waals surface area contributed by atoms with Gasteiger partial charge < -0.3 is 5.11 Å². The highest BCUT2D eigenvalue weighted by atomic mass is 32.2. The van der Waals surface area contributed by atoms with E-state index in [1.54, 1.807) is 4.68 Å². The van der Waals surface area contributed by atoms with Gasteiger partial charge in [-0.2, -0.15) is 0 Å². The van der Waals surface area contributed by atoms with Crippen LogP contribution in [-0.2, 0) is 11.3 Å². The molecule has 0 amide bonds. The highest BCUT2D eigenvalue weighted by molar-refractivity contribution is 7.99. The minimum Gasteiger partial charge on any atom is -0.481 e. The fourth-order valence-electron chi connectivity index (χ4n) is 1.50. The number of hydrogen-bond donors (Lipinski definition) is 1. The molecule has 7 heteroatoms. The summed E-state index contributed by atoms with van der Waals surface area (Å²) in [6.45, 7) is 0.783. The lowest BCUT2D eigenvalue weighted by Gasteiger charge is -2.02. The van der Waals surface area contributed by atoms with Crippen LogP contribution in [0, 0.1) is 5.92 Å². The van der Waals surface area contributed by atoms with Crippen LogP contribution in [0.5, 0.6) is 0 Å². The lowest BCUT2D eigenvalue weighted by Crippen LogP contribution is -2.05. The fraction of sp³-hybridized carbons (Fsp3) is 0.778. The average Bonchev–Trinajstić information content (AvgIpc) is 2.95. The van der Waals surface area contributed by atoms with E-state index in [1.165, 1.54) is 19.3 Å². The summed E-state index contributed by atoms with van der Waals surface area (Å²) in [5.74, 6) is 0.0624. The van der Waals surface area contributed by atoms with Gasteiger partial charge in [-0.05, 0) is 29.2 Å². The van der Waals surface area contributed by atoms with Crippen molar-refractivity contribution >= 4 is 17.7 Å². The van der Waals surface area contributed by atoms with Crippen molar-refractivity contribution in [2.45, 2.75) is 37.4 Å². The molecule has 88 valence electrons. The third kappa shape index (κ3) is 3.48. The lowest BCUT2D eigenvalue weighted by atomic mass is 10.2. The van der Waals surface area contributed by atoms with E-state index in [1.807, 2.05) is 0 Å². The van der Waals surface area contributed by atoms with Gasteiger partial charge in [0.1, 0.15) is 0 Å². The second-order valence-electron chi connectivity index (χ2n) is 3.95. The molecule has 0 saturated heterocycles. The normalized spacial score (nSPS) is 15.2. The van der Waals surface area contributed by atoms with Gasteiger partial charge in [0.05, 0.1) is 5.75 Å². The smallest absolute Gasteiger partial charge is 0.313 e. The number of tetrazole rings is 1. The topological polar surface area (TPSA) is 80.9 Å². The summed E-state index contributed by atoms with van der Waals surface area (Å²) in [7, 11) is 0. The van der Waals surface area contributed by atoms with E-state index in [4.69, 9.17) is 5.11 Å². The quantitative estimate of drug-likeness (QED) is 0.719. The highest BCUT2D eigenvalue weighted by Gasteiger charge is 2.20. The molecule has 0 aliphatic heterocycles. The molecule has 6 nitrogen and oxygen atoms in total. The molecule has 0 unspecified atom stereocenters. The second-order valence-corrected chi connectivity index (χ2v) is 4.90. The van der Waals surface area contributed by atoms with Gasteiger partial charge in [-0.25, -0.2) is 4.68 Å². The number of aryl methyl sites for hydroxylation is 1. The molecule has 2 rings (SSSR count). The van der Waals surface area contributed by atoms with Crippen LogP contribution in [0.15, 0.2) is 5.16 Å². The molecule has 1 aromatic rings. The van der Waals surface area contributed by atoms with E-state index < -0.39 is 5.97 Å². The molecular formula is C9H14N4O2S. The number of rotatable bonds is 7. The zero-order valence-electron chi connectivity index (χ0n) is 8.87. The number of hydrogen-bond acceptors (Lipinski definition) is 5. The molecule has 1 heterocycles. The molecule has 16 heavy (non-hydrogen) atoms. The van der Waals surface area contributed by atoms with Crippen molar-refractivity contribution in [2.75, 3.05) is 5.75 Å². The van der Waals surface area contributed by atoms with Crippen molar-refractivity contribution in [3.05, 3.63) is 0 Å². The Labute approximate surface area is 97.4 Å². The van der Waals surface area contributed by atoms with Crippen molar-refractivity contribution in [3.8, 4) is 0 Å². The van der Waals surface area contributed by atoms with Crippen molar-refractivity contribution in [1.82, 2.24) is 20.2 Å². The molecule has 1 aliphatic carbocycles. The monoisotopic (exact) mass is 242 g/mol. The molecule has 0 bridgehead atoms. The lowest BCUT2D eigenvalue weighted by molar-refractivity contribution is -0.133. The van der Waals surface area contributed by atoms with Gasteiger partial charge >= 0.3 is 5.97 Å². The molecule has 1 aromatic heterocycles. The molecule has 1 N–H and O–H groups in total. The fourth-order valence-corrected chi connectivity index (χ4v) is 2.13. The van der Waals surface area contributed by atoms with Crippen molar-refractivity contribution in [3.63, 3.8) is 0 Å². The van der Waals surface area contributed by atoms with Gasteiger partial charge in [0.2, 0.25) is 5.16 Å². The van der Waals surface area contributed by atoms with E-state index in [0.717, 1.165) is 30.6 Å². The Kier molecular flexibility index (Phi) is 3.76. The number of aromatic nitrogens is 4. The highest BCUT2D eigenvalue weighted by Crippen LogP contribution is 2.33. The maximum atomic E-state index is 10.4. The van der Waals surface area contributed by atoms with Crippen molar-refractivity contribution in [2.24, 2.45) is 5.92 Å². The molecule has 0 radical (unpaired) electrons. The van der Waals surface area contributed by atoms with Crippen LogP contribution in [0.4, 0.5) is 0 Å². The maximum absolute atomic E-state index is 10.4. The Morgan fingerprint density at radius 3 is 3.06 bits per heavy atom. The average molecular weight is 242 g/mol. The number of aliphatic carboxylic acids is 1. The summed E-state index contributed by atoms with van der Waals surface area (Å²) >= 11 is 1.16. The first-order chi connectivity index (χ1) is 7.75. The summed E-state index contributed by atoms with van der Waals surface area (Å²) in [6, 6.07) is 0. The minimum atomic E-state index is -0.850. The van der Waals surface area contributed by atoms with Crippen molar-refractivity contribution < 1.29 is 9.90 Å². The Morgan fingerprint density at radius 1 is 1.56 bits per heavy atom. The first-order valence-electron chi connectivity index (χ1n) is 5.36. The molecule has 0 atom stereocenters. The second kappa shape index (κ2) is 5.29. The van der Waals surface area contributed by atoms with E-state index in [0.29, 0.717) is 5.16 Å². The minimum absolute atomic E-state index is 0.00297. The van der Waals surface area contributed by atoms with E-state index in [-0.39, 0.29) is 5.75 Å². The number of thioether (sulfide) groups is 1. The van der Waals surface area contributed by atoms with Crippen LogP contribution >= 0.6 is 11.8 Å². The van der Waals surface area contributed by atoms with Gasteiger partial charge in [-0.15, -0.1) is 5.10 Å².